The van der Waals surface area contributed by atoms with E-state index in [4.69, 9.17) is 4.74 Å². The standard InChI is InChI=1S/C19H20FNO2/c20-17-8-6-16(7-9-17)19(10-12-23-13-11-19)14-21-18(22)15-4-2-1-3-5-15/h1-9H,10-14H2,(H,21,22). The molecule has 1 saturated heterocycles. The van der Waals surface area contributed by atoms with Crippen molar-refractivity contribution in [2.45, 2.75) is 18.3 Å². The highest BCUT2D eigenvalue weighted by Gasteiger charge is 2.34. The molecule has 1 amide bonds. The number of amides is 1. The fourth-order valence-corrected chi connectivity index (χ4v) is 3.07. The van der Waals surface area contributed by atoms with Gasteiger partial charge in [-0.2, -0.15) is 0 Å². The summed E-state index contributed by atoms with van der Waals surface area (Å²) in [5.41, 5.74) is 1.50. The number of nitrogens with one attached hydrogen (secondary N) is 1. The molecular weight excluding hydrogens is 293 g/mol. The van der Waals surface area contributed by atoms with Crippen LogP contribution in [0.5, 0.6) is 0 Å². The van der Waals surface area contributed by atoms with Gasteiger partial charge in [0, 0.05) is 30.7 Å². The first kappa shape index (κ1) is 15.7. The van der Waals surface area contributed by atoms with Crippen LogP contribution in [0.25, 0.3) is 0 Å². The van der Waals surface area contributed by atoms with E-state index in [0.717, 1.165) is 18.4 Å². The molecule has 1 aliphatic rings. The largest absolute Gasteiger partial charge is 0.381 e. The first-order valence-corrected chi connectivity index (χ1v) is 7.87. The zero-order valence-corrected chi connectivity index (χ0v) is 12.9. The Morgan fingerprint density at radius 2 is 1.70 bits per heavy atom. The molecule has 0 aromatic heterocycles. The number of hydrogen-bond acceptors (Lipinski definition) is 2. The van der Waals surface area contributed by atoms with Gasteiger partial charge in [-0.25, -0.2) is 4.39 Å². The number of rotatable bonds is 4. The van der Waals surface area contributed by atoms with Crippen LogP contribution >= 0.6 is 0 Å². The van der Waals surface area contributed by atoms with Crippen LogP contribution in [-0.4, -0.2) is 25.7 Å². The van der Waals surface area contributed by atoms with Crippen LogP contribution in [0.4, 0.5) is 4.39 Å². The molecule has 1 fully saturated rings. The van der Waals surface area contributed by atoms with Crippen molar-refractivity contribution in [2.75, 3.05) is 19.8 Å². The van der Waals surface area contributed by atoms with Crippen molar-refractivity contribution in [3.8, 4) is 0 Å². The van der Waals surface area contributed by atoms with Crippen LogP contribution in [0.1, 0.15) is 28.8 Å². The van der Waals surface area contributed by atoms with Crippen LogP contribution in [0.3, 0.4) is 0 Å². The minimum absolute atomic E-state index is 0.0846. The second-order valence-corrected chi connectivity index (χ2v) is 5.95. The molecule has 0 spiro atoms. The molecule has 4 heteroatoms. The average Bonchev–Trinajstić information content (AvgIpc) is 2.62. The summed E-state index contributed by atoms with van der Waals surface area (Å²) in [5.74, 6) is -0.331. The molecule has 0 unspecified atom stereocenters. The molecule has 0 bridgehead atoms. The normalized spacial score (nSPS) is 16.7. The number of halogens is 1. The zero-order valence-electron chi connectivity index (χ0n) is 12.9. The fourth-order valence-electron chi connectivity index (χ4n) is 3.07. The van der Waals surface area contributed by atoms with Gasteiger partial charge in [0.15, 0.2) is 0 Å². The zero-order chi connectivity index (χ0) is 16.1. The summed E-state index contributed by atoms with van der Waals surface area (Å²) in [6.45, 7) is 1.83. The Morgan fingerprint density at radius 3 is 2.35 bits per heavy atom. The molecule has 3 nitrogen and oxygen atoms in total. The van der Waals surface area contributed by atoms with Crippen LogP contribution in [0.15, 0.2) is 54.6 Å². The van der Waals surface area contributed by atoms with E-state index in [1.54, 1.807) is 12.1 Å². The summed E-state index contributed by atoms with van der Waals surface area (Å²) < 4.78 is 18.7. The summed E-state index contributed by atoms with van der Waals surface area (Å²) in [6, 6.07) is 15.8. The predicted molar refractivity (Wildman–Crippen MR) is 86.9 cm³/mol. The van der Waals surface area contributed by atoms with Crippen molar-refractivity contribution in [1.29, 1.82) is 0 Å². The molecule has 3 rings (SSSR count). The summed E-state index contributed by atoms with van der Waals surface area (Å²) in [4.78, 5) is 12.3. The maximum absolute atomic E-state index is 13.2. The third-order valence-electron chi connectivity index (χ3n) is 4.53. The van der Waals surface area contributed by atoms with Gasteiger partial charge in [-0.05, 0) is 42.7 Å². The van der Waals surface area contributed by atoms with E-state index < -0.39 is 0 Å². The highest BCUT2D eigenvalue weighted by Crippen LogP contribution is 2.34. The molecule has 0 radical (unpaired) electrons. The van der Waals surface area contributed by atoms with Crippen molar-refractivity contribution in [3.63, 3.8) is 0 Å². The lowest BCUT2D eigenvalue weighted by Crippen LogP contribution is -2.44. The number of benzene rings is 2. The third kappa shape index (κ3) is 3.59. The minimum Gasteiger partial charge on any atom is -0.381 e. The van der Waals surface area contributed by atoms with Crippen molar-refractivity contribution in [1.82, 2.24) is 5.32 Å². The number of ether oxygens (including phenoxy) is 1. The minimum atomic E-state index is -0.246. The second kappa shape index (κ2) is 6.92. The molecule has 0 atom stereocenters. The van der Waals surface area contributed by atoms with Crippen LogP contribution < -0.4 is 5.32 Å². The van der Waals surface area contributed by atoms with Crippen molar-refractivity contribution in [3.05, 3.63) is 71.5 Å². The first-order chi connectivity index (χ1) is 11.2. The molecule has 1 N–H and O–H groups in total. The van der Waals surface area contributed by atoms with E-state index in [1.807, 2.05) is 30.3 Å². The van der Waals surface area contributed by atoms with E-state index in [1.165, 1.54) is 12.1 Å². The van der Waals surface area contributed by atoms with Crippen LogP contribution in [0.2, 0.25) is 0 Å². The molecular formula is C19H20FNO2. The number of carbonyl (C=O) groups excluding carboxylic acids is 1. The van der Waals surface area contributed by atoms with Gasteiger partial charge in [0.05, 0.1) is 0 Å². The van der Waals surface area contributed by atoms with E-state index in [-0.39, 0.29) is 17.1 Å². The van der Waals surface area contributed by atoms with E-state index >= 15 is 0 Å². The Morgan fingerprint density at radius 1 is 1.04 bits per heavy atom. The van der Waals surface area contributed by atoms with Crippen LogP contribution in [-0.2, 0) is 10.2 Å². The lowest BCUT2D eigenvalue weighted by atomic mass is 9.74. The van der Waals surface area contributed by atoms with Crippen LogP contribution in [0, 0.1) is 5.82 Å². The van der Waals surface area contributed by atoms with Gasteiger partial charge in [-0.1, -0.05) is 30.3 Å². The molecule has 2 aromatic carbocycles. The average molecular weight is 313 g/mol. The lowest BCUT2D eigenvalue weighted by molar-refractivity contribution is 0.0487. The summed E-state index contributed by atoms with van der Waals surface area (Å²) >= 11 is 0. The summed E-state index contributed by atoms with van der Waals surface area (Å²) in [6.07, 6.45) is 1.63. The molecule has 2 aromatic rings. The molecule has 23 heavy (non-hydrogen) atoms. The monoisotopic (exact) mass is 313 g/mol. The van der Waals surface area contributed by atoms with Gasteiger partial charge in [-0.15, -0.1) is 0 Å². The SMILES string of the molecule is O=C(NCC1(c2ccc(F)cc2)CCOCC1)c1ccccc1. The third-order valence-corrected chi connectivity index (χ3v) is 4.53. The Balaban J connectivity index is 1.77. The molecule has 1 heterocycles. The summed E-state index contributed by atoms with van der Waals surface area (Å²) in [7, 11) is 0. The Hall–Kier alpha value is -2.20. The van der Waals surface area contributed by atoms with E-state index in [2.05, 4.69) is 5.32 Å². The van der Waals surface area contributed by atoms with Gasteiger partial charge in [0.25, 0.3) is 5.91 Å². The smallest absolute Gasteiger partial charge is 0.251 e. The van der Waals surface area contributed by atoms with Gasteiger partial charge >= 0.3 is 0 Å². The van der Waals surface area contributed by atoms with E-state index in [0.29, 0.717) is 25.3 Å². The molecule has 0 saturated carbocycles. The van der Waals surface area contributed by atoms with Gasteiger partial charge < -0.3 is 10.1 Å². The molecule has 120 valence electrons. The topological polar surface area (TPSA) is 38.3 Å². The number of hydrogen-bond donors (Lipinski definition) is 1. The van der Waals surface area contributed by atoms with E-state index in [9.17, 15) is 9.18 Å². The van der Waals surface area contributed by atoms with Gasteiger partial charge in [0.1, 0.15) is 5.82 Å². The Kier molecular flexibility index (Phi) is 4.72. The fraction of sp³-hybridized carbons (Fsp3) is 0.316. The highest BCUT2D eigenvalue weighted by molar-refractivity contribution is 5.94. The second-order valence-electron chi connectivity index (χ2n) is 5.95. The quantitative estimate of drug-likeness (QED) is 0.940. The predicted octanol–water partition coefficient (Wildman–Crippen LogP) is 3.30. The maximum Gasteiger partial charge on any atom is 0.251 e. The lowest BCUT2D eigenvalue weighted by Gasteiger charge is -2.38. The van der Waals surface area contributed by atoms with Gasteiger partial charge in [-0.3, -0.25) is 4.79 Å². The van der Waals surface area contributed by atoms with Crippen molar-refractivity contribution < 1.29 is 13.9 Å². The number of carbonyl (C=O) groups is 1. The maximum atomic E-state index is 13.2. The van der Waals surface area contributed by atoms with Crippen molar-refractivity contribution >= 4 is 5.91 Å². The Labute approximate surface area is 135 Å². The Bertz CT molecular complexity index is 649. The van der Waals surface area contributed by atoms with Crippen molar-refractivity contribution in [2.24, 2.45) is 0 Å². The molecule has 0 aliphatic carbocycles. The van der Waals surface area contributed by atoms with Gasteiger partial charge in [0.2, 0.25) is 0 Å². The highest BCUT2D eigenvalue weighted by atomic mass is 19.1. The molecule has 1 aliphatic heterocycles. The summed E-state index contributed by atoms with van der Waals surface area (Å²) in [5, 5.41) is 3.03. The first-order valence-electron chi connectivity index (χ1n) is 7.87.